The number of amidine groups is 1. The summed E-state index contributed by atoms with van der Waals surface area (Å²) in [5.41, 5.74) is 7.20. The number of benzene rings is 2. The highest BCUT2D eigenvalue weighted by Crippen LogP contribution is 2.18. The molecule has 2 aromatic rings. The zero-order valence-electron chi connectivity index (χ0n) is 10.2. The van der Waals surface area contributed by atoms with Gasteiger partial charge in [0.05, 0.1) is 5.56 Å². The van der Waals surface area contributed by atoms with Crippen LogP contribution in [0, 0.1) is 5.41 Å². The third-order valence-corrected chi connectivity index (χ3v) is 2.41. The molecule has 0 fully saturated rings. The first-order valence-electron chi connectivity index (χ1n) is 5.37. The molecule has 3 nitrogen and oxygen atoms in total. The van der Waals surface area contributed by atoms with Crippen LogP contribution in [0.15, 0.2) is 54.6 Å². The Morgan fingerprint density at radius 1 is 0.947 bits per heavy atom. The molecule has 0 heterocycles. The number of nitrogens with one attached hydrogen (secondary N) is 1. The lowest BCUT2D eigenvalue weighted by Crippen LogP contribution is -2.12. The predicted molar refractivity (Wildman–Crippen MR) is 82.7 cm³/mol. The Hall–Kier alpha value is -1.71. The van der Waals surface area contributed by atoms with Gasteiger partial charge in [0.15, 0.2) is 0 Å². The van der Waals surface area contributed by atoms with Crippen LogP contribution in [0.5, 0.6) is 5.75 Å². The second kappa shape index (κ2) is 8.40. The van der Waals surface area contributed by atoms with Crippen LogP contribution < -0.4 is 10.5 Å². The van der Waals surface area contributed by atoms with Crippen LogP contribution in [0.2, 0.25) is 0 Å². The van der Waals surface area contributed by atoms with E-state index in [2.05, 4.69) is 0 Å². The maximum absolute atomic E-state index is 7.46. The van der Waals surface area contributed by atoms with Crippen molar-refractivity contribution in [1.29, 1.82) is 5.41 Å². The summed E-state index contributed by atoms with van der Waals surface area (Å²) >= 11 is 0. The molecular weight excluding hydrogens is 283 g/mol. The smallest absolute Gasteiger partial charge is 0.130 e. The molecule has 0 unspecified atom stereocenters. The number of para-hydroxylation sites is 1. The van der Waals surface area contributed by atoms with Gasteiger partial charge in [-0.05, 0) is 17.7 Å². The van der Waals surface area contributed by atoms with Gasteiger partial charge in [-0.3, -0.25) is 5.41 Å². The minimum atomic E-state index is 0. The molecule has 0 spiro atoms. The minimum Gasteiger partial charge on any atom is -0.488 e. The molecule has 0 aliphatic heterocycles. The van der Waals surface area contributed by atoms with Gasteiger partial charge in [0.25, 0.3) is 0 Å². The van der Waals surface area contributed by atoms with Crippen molar-refractivity contribution in [3.05, 3.63) is 65.7 Å². The topological polar surface area (TPSA) is 59.1 Å². The first-order chi connectivity index (χ1) is 8.27. The monoisotopic (exact) mass is 298 g/mol. The average molecular weight is 299 g/mol. The fraction of sp³-hybridized carbons (Fsp3) is 0.0714. The Bertz CT molecular complexity index is 518. The fourth-order valence-electron chi connectivity index (χ4n) is 1.55. The largest absolute Gasteiger partial charge is 0.488 e. The molecule has 19 heavy (non-hydrogen) atoms. The summed E-state index contributed by atoms with van der Waals surface area (Å²) < 4.78 is 5.66. The van der Waals surface area contributed by atoms with Crippen molar-refractivity contribution in [2.45, 2.75) is 6.61 Å². The first kappa shape index (κ1) is 17.3. The third-order valence-electron chi connectivity index (χ3n) is 2.41. The Balaban J connectivity index is 0.00000162. The number of nitrogen functional groups attached to an aromatic ring is 1. The lowest BCUT2D eigenvalue weighted by Gasteiger charge is -2.10. The quantitative estimate of drug-likeness (QED) is 0.671. The van der Waals surface area contributed by atoms with Crippen molar-refractivity contribution >= 4 is 30.6 Å². The van der Waals surface area contributed by atoms with E-state index in [-0.39, 0.29) is 30.6 Å². The van der Waals surface area contributed by atoms with E-state index < -0.39 is 0 Å². The van der Waals surface area contributed by atoms with Gasteiger partial charge >= 0.3 is 0 Å². The highest BCUT2D eigenvalue weighted by Gasteiger charge is 2.05. The van der Waals surface area contributed by atoms with Crippen LogP contribution >= 0.6 is 24.8 Å². The molecule has 2 aromatic carbocycles. The van der Waals surface area contributed by atoms with Crippen LogP contribution in [0.3, 0.4) is 0 Å². The van der Waals surface area contributed by atoms with Crippen molar-refractivity contribution in [2.75, 3.05) is 0 Å². The molecule has 0 amide bonds. The van der Waals surface area contributed by atoms with Gasteiger partial charge in [-0.1, -0.05) is 42.5 Å². The molecule has 0 aromatic heterocycles. The lowest BCUT2D eigenvalue weighted by molar-refractivity contribution is 0.305. The molecule has 0 atom stereocenters. The minimum absolute atomic E-state index is 0. The molecular formula is C14H16Cl2N2O. The van der Waals surface area contributed by atoms with Gasteiger partial charge < -0.3 is 10.5 Å². The Kier molecular flexibility index (Phi) is 7.65. The Morgan fingerprint density at radius 2 is 1.53 bits per heavy atom. The maximum Gasteiger partial charge on any atom is 0.130 e. The summed E-state index contributed by atoms with van der Waals surface area (Å²) in [6, 6.07) is 17.2. The molecule has 2 rings (SSSR count). The number of nitrogens with two attached hydrogens (primary N) is 1. The first-order valence-corrected chi connectivity index (χ1v) is 5.37. The van der Waals surface area contributed by atoms with Gasteiger partial charge in [-0.15, -0.1) is 24.8 Å². The van der Waals surface area contributed by atoms with Crippen LogP contribution in [-0.2, 0) is 6.61 Å². The van der Waals surface area contributed by atoms with Crippen LogP contribution in [0.4, 0.5) is 0 Å². The highest BCUT2D eigenvalue weighted by atomic mass is 35.5. The molecule has 0 aliphatic rings. The van der Waals surface area contributed by atoms with E-state index in [0.29, 0.717) is 17.9 Å². The molecule has 3 N–H and O–H groups in total. The van der Waals surface area contributed by atoms with Crippen LogP contribution in [0.1, 0.15) is 11.1 Å². The Morgan fingerprint density at radius 3 is 2.16 bits per heavy atom. The van der Waals surface area contributed by atoms with Gasteiger partial charge in [-0.25, -0.2) is 0 Å². The van der Waals surface area contributed by atoms with E-state index in [0.717, 1.165) is 5.56 Å². The van der Waals surface area contributed by atoms with Gasteiger partial charge in [0, 0.05) is 0 Å². The van der Waals surface area contributed by atoms with E-state index in [4.69, 9.17) is 15.9 Å². The van der Waals surface area contributed by atoms with Gasteiger partial charge in [0.2, 0.25) is 0 Å². The second-order valence-corrected chi connectivity index (χ2v) is 3.68. The predicted octanol–water partition coefficient (Wildman–Crippen LogP) is 3.39. The zero-order chi connectivity index (χ0) is 12.1. The number of hydrogen-bond acceptors (Lipinski definition) is 2. The molecule has 5 heteroatoms. The summed E-state index contributed by atoms with van der Waals surface area (Å²) in [4.78, 5) is 0. The average Bonchev–Trinajstić information content (AvgIpc) is 2.38. The Labute approximate surface area is 125 Å². The molecule has 0 aliphatic carbocycles. The third kappa shape index (κ3) is 4.81. The van der Waals surface area contributed by atoms with Crippen molar-refractivity contribution in [3.63, 3.8) is 0 Å². The molecule has 0 radical (unpaired) electrons. The number of halogens is 2. The molecule has 102 valence electrons. The van der Waals surface area contributed by atoms with Crippen LogP contribution in [0.25, 0.3) is 0 Å². The number of rotatable bonds is 4. The standard InChI is InChI=1S/C14H14N2O.2ClH/c15-14(16)12-8-4-5-9-13(12)17-10-11-6-2-1-3-7-11;;/h1-9H,10H2,(H3,15,16);2*1H. The normalized spacial score (nSPS) is 8.84. The highest BCUT2D eigenvalue weighted by molar-refractivity contribution is 5.97. The lowest BCUT2D eigenvalue weighted by atomic mass is 10.2. The van der Waals surface area contributed by atoms with Crippen molar-refractivity contribution in [2.24, 2.45) is 5.73 Å². The van der Waals surface area contributed by atoms with E-state index in [1.807, 2.05) is 48.5 Å². The SMILES string of the molecule is Cl.Cl.N=C(N)c1ccccc1OCc1ccccc1. The van der Waals surface area contributed by atoms with Crippen molar-refractivity contribution in [1.82, 2.24) is 0 Å². The molecule has 0 saturated heterocycles. The van der Waals surface area contributed by atoms with E-state index >= 15 is 0 Å². The van der Waals surface area contributed by atoms with E-state index in [9.17, 15) is 0 Å². The number of ether oxygens (including phenoxy) is 1. The molecule has 0 saturated carbocycles. The fourth-order valence-corrected chi connectivity index (χ4v) is 1.55. The van der Waals surface area contributed by atoms with Crippen LogP contribution in [-0.4, -0.2) is 5.84 Å². The van der Waals surface area contributed by atoms with Crippen molar-refractivity contribution < 1.29 is 4.74 Å². The summed E-state index contributed by atoms with van der Waals surface area (Å²) in [5, 5.41) is 7.46. The molecule has 0 bridgehead atoms. The number of hydrogen-bond donors (Lipinski definition) is 2. The second-order valence-electron chi connectivity index (χ2n) is 3.68. The van der Waals surface area contributed by atoms with E-state index in [1.54, 1.807) is 6.07 Å². The summed E-state index contributed by atoms with van der Waals surface area (Å²) in [6.45, 7) is 0.477. The summed E-state index contributed by atoms with van der Waals surface area (Å²) in [7, 11) is 0. The van der Waals surface area contributed by atoms with Gasteiger partial charge in [-0.2, -0.15) is 0 Å². The zero-order valence-corrected chi connectivity index (χ0v) is 11.8. The summed E-state index contributed by atoms with van der Waals surface area (Å²) in [6.07, 6.45) is 0. The summed E-state index contributed by atoms with van der Waals surface area (Å²) in [5.74, 6) is 0.664. The van der Waals surface area contributed by atoms with E-state index in [1.165, 1.54) is 0 Å². The van der Waals surface area contributed by atoms with Gasteiger partial charge in [0.1, 0.15) is 18.2 Å². The van der Waals surface area contributed by atoms with Crippen molar-refractivity contribution in [3.8, 4) is 5.75 Å². The maximum atomic E-state index is 7.46.